The number of rotatable bonds is 6. The van der Waals surface area contributed by atoms with Crippen LogP contribution in [-0.2, 0) is 6.54 Å². The van der Waals surface area contributed by atoms with E-state index in [0.29, 0.717) is 30.3 Å². The van der Waals surface area contributed by atoms with Crippen molar-refractivity contribution in [2.75, 3.05) is 20.8 Å². The van der Waals surface area contributed by atoms with Gasteiger partial charge in [0, 0.05) is 17.7 Å². The standard InChI is InChI=1S/C22H24N4O3/c1-14-7-9-15(10-8-14)17-11-18-22(27)24-13-20(26(18)25-17)23-12-16-5-4-6-19(28-2)21(16)29-3/h4-11,20,23H,12-13H2,1-3H3,(H,24,27)/t20-/m0/s1. The van der Waals surface area contributed by atoms with E-state index in [1.165, 1.54) is 5.56 Å². The summed E-state index contributed by atoms with van der Waals surface area (Å²) in [4.78, 5) is 12.4. The lowest BCUT2D eigenvalue weighted by Gasteiger charge is -2.26. The van der Waals surface area contributed by atoms with Crippen LogP contribution in [0, 0.1) is 6.92 Å². The summed E-state index contributed by atoms with van der Waals surface area (Å²) in [6, 6.07) is 15.7. The third-order valence-corrected chi connectivity index (χ3v) is 5.08. The zero-order valence-corrected chi connectivity index (χ0v) is 16.7. The summed E-state index contributed by atoms with van der Waals surface area (Å²) in [6.07, 6.45) is -0.169. The van der Waals surface area contributed by atoms with Crippen molar-refractivity contribution >= 4 is 5.91 Å². The maximum Gasteiger partial charge on any atom is 0.269 e. The molecule has 2 heterocycles. The van der Waals surface area contributed by atoms with Gasteiger partial charge in [0.2, 0.25) is 0 Å². The van der Waals surface area contributed by atoms with Crippen molar-refractivity contribution in [2.45, 2.75) is 19.6 Å². The van der Waals surface area contributed by atoms with E-state index in [-0.39, 0.29) is 12.1 Å². The van der Waals surface area contributed by atoms with Crippen LogP contribution in [0.2, 0.25) is 0 Å². The Kier molecular flexibility index (Phi) is 5.22. The highest BCUT2D eigenvalue weighted by Gasteiger charge is 2.27. The number of amides is 1. The van der Waals surface area contributed by atoms with E-state index in [9.17, 15) is 4.79 Å². The van der Waals surface area contributed by atoms with Crippen LogP contribution in [0.4, 0.5) is 0 Å². The van der Waals surface area contributed by atoms with Gasteiger partial charge in [-0.1, -0.05) is 42.0 Å². The SMILES string of the molecule is COc1cccc(CN[C@@H]2CNC(=O)c3cc(-c4ccc(C)cc4)nn32)c1OC. The van der Waals surface area contributed by atoms with Gasteiger partial charge in [0.1, 0.15) is 11.9 Å². The van der Waals surface area contributed by atoms with E-state index in [0.717, 1.165) is 16.8 Å². The summed E-state index contributed by atoms with van der Waals surface area (Å²) < 4.78 is 12.6. The number of hydrogen-bond donors (Lipinski definition) is 2. The summed E-state index contributed by atoms with van der Waals surface area (Å²) in [5.74, 6) is 1.27. The lowest BCUT2D eigenvalue weighted by molar-refractivity contribution is 0.0900. The van der Waals surface area contributed by atoms with Crippen LogP contribution in [0.1, 0.15) is 27.8 Å². The van der Waals surface area contributed by atoms with Gasteiger partial charge in [-0.25, -0.2) is 4.68 Å². The molecule has 0 spiro atoms. The Morgan fingerprint density at radius 2 is 1.97 bits per heavy atom. The Morgan fingerprint density at radius 3 is 2.69 bits per heavy atom. The van der Waals surface area contributed by atoms with Gasteiger partial charge in [-0.05, 0) is 19.1 Å². The molecule has 0 unspecified atom stereocenters. The number of nitrogens with one attached hydrogen (secondary N) is 2. The minimum Gasteiger partial charge on any atom is -0.493 e. The number of para-hydroxylation sites is 1. The highest BCUT2D eigenvalue weighted by Crippen LogP contribution is 2.31. The van der Waals surface area contributed by atoms with Gasteiger partial charge in [-0.15, -0.1) is 0 Å². The van der Waals surface area contributed by atoms with Crippen molar-refractivity contribution in [1.29, 1.82) is 0 Å². The lowest BCUT2D eigenvalue weighted by Crippen LogP contribution is -2.45. The van der Waals surface area contributed by atoms with Gasteiger partial charge in [0.25, 0.3) is 5.91 Å². The van der Waals surface area contributed by atoms with Gasteiger partial charge >= 0.3 is 0 Å². The maximum atomic E-state index is 12.4. The molecular weight excluding hydrogens is 368 g/mol. The molecule has 1 atom stereocenters. The van der Waals surface area contributed by atoms with Gasteiger partial charge in [-0.3, -0.25) is 10.1 Å². The number of aryl methyl sites for hydroxylation is 1. The van der Waals surface area contributed by atoms with Crippen LogP contribution in [0.15, 0.2) is 48.5 Å². The molecule has 0 fully saturated rings. The minimum absolute atomic E-state index is 0.118. The summed E-state index contributed by atoms with van der Waals surface area (Å²) >= 11 is 0. The lowest BCUT2D eigenvalue weighted by atomic mass is 10.1. The number of carbonyl (C=O) groups is 1. The predicted octanol–water partition coefficient (Wildman–Crippen LogP) is 2.91. The first kappa shape index (κ1) is 19.0. The molecule has 150 valence electrons. The second kappa shape index (κ2) is 7.97. The van der Waals surface area contributed by atoms with Crippen molar-refractivity contribution in [3.05, 3.63) is 65.4 Å². The first-order chi connectivity index (χ1) is 14.1. The third-order valence-electron chi connectivity index (χ3n) is 5.08. The highest BCUT2D eigenvalue weighted by atomic mass is 16.5. The summed E-state index contributed by atoms with van der Waals surface area (Å²) in [7, 11) is 3.25. The monoisotopic (exact) mass is 392 g/mol. The average molecular weight is 392 g/mol. The van der Waals surface area contributed by atoms with Crippen molar-refractivity contribution in [1.82, 2.24) is 20.4 Å². The second-order valence-electron chi connectivity index (χ2n) is 6.98. The van der Waals surface area contributed by atoms with Crippen molar-refractivity contribution in [3.8, 4) is 22.8 Å². The van der Waals surface area contributed by atoms with Crippen molar-refractivity contribution in [2.24, 2.45) is 0 Å². The Balaban J connectivity index is 1.59. The third kappa shape index (κ3) is 3.69. The van der Waals surface area contributed by atoms with Crippen LogP contribution in [0.3, 0.4) is 0 Å². The van der Waals surface area contributed by atoms with E-state index < -0.39 is 0 Å². The molecule has 2 N–H and O–H groups in total. The molecule has 0 saturated heterocycles. The fourth-order valence-electron chi connectivity index (χ4n) is 3.51. The summed E-state index contributed by atoms with van der Waals surface area (Å²) in [5.41, 5.74) is 4.46. The molecule has 1 amide bonds. The van der Waals surface area contributed by atoms with Crippen LogP contribution in [0.25, 0.3) is 11.3 Å². The van der Waals surface area contributed by atoms with E-state index >= 15 is 0 Å². The molecule has 0 bridgehead atoms. The van der Waals surface area contributed by atoms with Crippen molar-refractivity contribution < 1.29 is 14.3 Å². The molecule has 7 heteroatoms. The Hall–Kier alpha value is -3.32. The van der Waals surface area contributed by atoms with Crippen LogP contribution in [0.5, 0.6) is 11.5 Å². The number of hydrogen-bond acceptors (Lipinski definition) is 5. The molecule has 0 aliphatic carbocycles. The molecule has 2 aromatic carbocycles. The van der Waals surface area contributed by atoms with Gasteiger partial charge < -0.3 is 14.8 Å². The predicted molar refractivity (Wildman–Crippen MR) is 110 cm³/mol. The average Bonchev–Trinajstić information content (AvgIpc) is 3.20. The number of fused-ring (bicyclic) bond motifs is 1. The van der Waals surface area contributed by atoms with Crippen LogP contribution >= 0.6 is 0 Å². The van der Waals surface area contributed by atoms with E-state index in [1.807, 2.05) is 55.5 Å². The summed E-state index contributed by atoms with van der Waals surface area (Å²) in [5, 5.41) is 11.1. The molecule has 0 saturated carbocycles. The number of ether oxygens (including phenoxy) is 2. The number of methoxy groups -OCH3 is 2. The molecule has 7 nitrogen and oxygen atoms in total. The molecule has 3 aromatic rings. The summed E-state index contributed by atoms with van der Waals surface area (Å²) in [6.45, 7) is 3.04. The van der Waals surface area contributed by atoms with Gasteiger partial charge in [0.05, 0.1) is 26.5 Å². The van der Waals surface area contributed by atoms with Gasteiger partial charge in [0.15, 0.2) is 11.5 Å². The Labute approximate surface area is 169 Å². The topological polar surface area (TPSA) is 77.4 Å². The van der Waals surface area contributed by atoms with Crippen molar-refractivity contribution in [3.63, 3.8) is 0 Å². The second-order valence-corrected chi connectivity index (χ2v) is 6.98. The fraction of sp³-hybridized carbons (Fsp3) is 0.273. The smallest absolute Gasteiger partial charge is 0.269 e. The number of aromatic nitrogens is 2. The Bertz CT molecular complexity index is 1030. The fourth-order valence-corrected chi connectivity index (χ4v) is 3.51. The molecular formula is C22H24N4O3. The largest absolute Gasteiger partial charge is 0.493 e. The molecule has 29 heavy (non-hydrogen) atoms. The number of carbonyl (C=O) groups excluding carboxylic acids is 1. The number of benzene rings is 2. The molecule has 4 rings (SSSR count). The molecule has 1 aliphatic rings. The Morgan fingerprint density at radius 1 is 1.17 bits per heavy atom. The molecule has 1 aromatic heterocycles. The normalized spacial score (nSPS) is 15.6. The van der Waals surface area contributed by atoms with E-state index in [4.69, 9.17) is 14.6 Å². The first-order valence-corrected chi connectivity index (χ1v) is 9.48. The van der Waals surface area contributed by atoms with Crippen LogP contribution < -0.4 is 20.1 Å². The van der Waals surface area contributed by atoms with Crippen LogP contribution in [-0.4, -0.2) is 36.5 Å². The van der Waals surface area contributed by atoms with E-state index in [1.54, 1.807) is 18.9 Å². The quantitative estimate of drug-likeness (QED) is 0.675. The van der Waals surface area contributed by atoms with E-state index in [2.05, 4.69) is 10.6 Å². The molecule has 0 radical (unpaired) electrons. The zero-order valence-electron chi connectivity index (χ0n) is 16.7. The highest BCUT2D eigenvalue weighted by molar-refractivity contribution is 5.94. The maximum absolute atomic E-state index is 12.4. The number of nitrogens with zero attached hydrogens (tertiary/aromatic N) is 2. The van der Waals surface area contributed by atoms with Gasteiger partial charge in [-0.2, -0.15) is 5.10 Å². The zero-order chi connectivity index (χ0) is 20.4. The minimum atomic E-state index is -0.169. The first-order valence-electron chi connectivity index (χ1n) is 9.48. The molecule has 1 aliphatic heterocycles.